The highest BCUT2D eigenvalue weighted by atomic mass is 79.9. The predicted octanol–water partition coefficient (Wildman–Crippen LogP) is 5.70. The third-order valence-electron chi connectivity index (χ3n) is 6.58. The summed E-state index contributed by atoms with van der Waals surface area (Å²) < 4.78 is 12.8. The van der Waals surface area contributed by atoms with Crippen molar-refractivity contribution in [3.05, 3.63) is 58.1 Å². The highest BCUT2D eigenvalue weighted by Crippen LogP contribution is 2.66. The van der Waals surface area contributed by atoms with Crippen molar-refractivity contribution in [2.75, 3.05) is 6.61 Å². The summed E-state index contributed by atoms with van der Waals surface area (Å²) in [5.41, 5.74) is 4.86. The maximum Gasteiger partial charge on any atom is 0.244 e. The summed E-state index contributed by atoms with van der Waals surface area (Å²) in [6.07, 6.45) is 6.45. The Hall–Kier alpha value is -2.34. The molecule has 4 rings (SSSR count). The van der Waals surface area contributed by atoms with E-state index >= 15 is 0 Å². The Bertz CT molecular complexity index is 960. The molecule has 1 amide bonds. The molecule has 1 N–H and O–H groups in total. The molecule has 2 aromatic rings. The largest absolute Gasteiger partial charge is 0.490 e. The molecule has 0 spiro atoms. The number of rotatable bonds is 8. The van der Waals surface area contributed by atoms with Gasteiger partial charge in [-0.15, -0.1) is 0 Å². The minimum absolute atomic E-state index is 0.0464. The zero-order valence-corrected chi connectivity index (χ0v) is 19.7. The molecule has 0 aliphatic heterocycles. The molecule has 0 heterocycles. The minimum Gasteiger partial charge on any atom is -0.490 e. The number of benzene rings is 2. The molecule has 2 aliphatic carbocycles. The number of hydrogen-bond donors (Lipinski definition) is 1. The number of hydrazone groups is 1. The van der Waals surface area contributed by atoms with Crippen LogP contribution in [0.3, 0.4) is 0 Å². The van der Waals surface area contributed by atoms with E-state index in [0.29, 0.717) is 30.6 Å². The van der Waals surface area contributed by atoms with Gasteiger partial charge in [-0.1, -0.05) is 47.8 Å². The van der Waals surface area contributed by atoms with E-state index in [1.165, 1.54) is 12.8 Å². The normalized spacial score (nSPS) is 24.5. The molecule has 164 valence electrons. The van der Waals surface area contributed by atoms with Crippen LogP contribution in [0, 0.1) is 17.3 Å². The van der Waals surface area contributed by atoms with Gasteiger partial charge in [-0.05, 0) is 72.6 Å². The fourth-order valence-electron chi connectivity index (χ4n) is 4.82. The summed E-state index contributed by atoms with van der Waals surface area (Å²) in [5.74, 6) is 2.03. The Balaban J connectivity index is 1.36. The highest BCUT2D eigenvalue weighted by Gasteiger charge is 2.64. The van der Waals surface area contributed by atoms with Crippen LogP contribution in [-0.2, 0) is 11.4 Å². The van der Waals surface area contributed by atoms with Gasteiger partial charge >= 0.3 is 0 Å². The molecule has 0 radical (unpaired) electrons. The summed E-state index contributed by atoms with van der Waals surface area (Å²) in [6.45, 7) is 5.17. The van der Waals surface area contributed by atoms with Gasteiger partial charge in [0, 0.05) is 10.4 Å². The molecule has 0 saturated heterocycles. The summed E-state index contributed by atoms with van der Waals surface area (Å²) in [7, 11) is 0. The zero-order valence-electron chi connectivity index (χ0n) is 18.1. The summed E-state index contributed by atoms with van der Waals surface area (Å²) in [6, 6.07) is 13.7. The van der Waals surface area contributed by atoms with Gasteiger partial charge in [0.1, 0.15) is 6.61 Å². The number of amides is 1. The zero-order chi connectivity index (χ0) is 21.8. The molecule has 6 heteroatoms. The Labute approximate surface area is 192 Å². The standard InChI is InChI=1S/C25H29BrN2O3/c1-3-30-22-14-18(9-12-21(22)31-16-17-7-10-19(26)11-8-17)15-27-28-24(29)23-20-6-4-5-13-25(20,23)2/h7-12,14-15,20,23H,3-6,13,16H2,1-2H3,(H,28,29)/b27-15-/t20-,23-,25+/m0/s1. The number of nitrogens with zero attached hydrogens (tertiary/aromatic N) is 1. The van der Waals surface area contributed by atoms with Gasteiger partial charge in [-0.25, -0.2) is 5.43 Å². The lowest BCUT2D eigenvalue weighted by Gasteiger charge is -2.15. The van der Waals surface area contributed by atoms with Crippen molar-refractivity contribution in [3.63, 3.8) is 0 Å². The van der Waals surface area contributed by atoms with Gasteiger partial charge in [0.25, 0.3) is 0 Å². The lowest BCUT2D eigenvalue weighted by Crippen LogP contribution is -2.22. The van der Waals surface area contributed by atoms with Crippen LogP contribution in [0.1, 0.15) is 50.7 Å². The highest BCUT2D eigenvalue weighted by molar-refractivity contribution is 9.10. The van der Waals surface area contributed by atoms with E-state index in [1.807, 2.05) is 49.4 Å². The maximum absolute atomic E-state index is 12.6. The van der Waals surface area contributed by atoms with Gasteiger partial charge in [0.2, 0.25) is 5.91 Å². The number of carbonyl (C=O) groups excluding carboxylic acids is 1. The molecule has 2 saturated carbocycles. The lowest BCUT2D eigenvalue weighted by atomic mass is 9.90. The van der Waals surface area contributed by atoms with Crippen molar-refractivity contribution in [2.24, 2.45) is 22.4 Å². The predicted molar refractivity (Wildman–Crippen MR) is 125 cm³/mol. The molecule has 31 heavy (non-hydrogen) atoms. The van der Waals surface area contributed by atoms with Crippen LogP contribution >= 0.6 is 15.9 Å². The second kappa shape index (κ2) is 9.43. The van der Waals surface area contributed by atoms with Crippen LogP contribution in [0.5, 0.6) is 11.5 Å². The van der Waals surface area contributed by atoms with E-state index in [0.717, 1.165) is 28.4 Å². The SMILES string of the molecule is CCOc1cc(/C=N\NC(=O)[C@@H]2[C@@H]3CCCC[C@@]23C)ccc1OCc1ccc(Br)cc1. The number of halogens is 1. The smallest absolute Gasteiger partial charge is 0.244 e. The first-order valence-electron chi connectivity index (χ1n) is 11.0. The van der Waals surface area contributed by atoms with E-state index in [2.05, 4.69) is 33.4 Å². The molecular formula is C25H29BrN2O3. The number of hydrogen-bond acceptors (Lipinski definition) is 4. The van der Waals surface area contributed by atoms with Crippen molar-refractivity contribution in [1.82, 2.24) is 5.43 Å². The van der Waals surface area contributed by atoms with Crippen LogP contribution in [-0.4, -0.2) is 18.7 Å². The molecule has 5 nitrogen and oxygen atoms in total. The van der Waals surface area contributed by atoms with E-state index in [4.69, 9.17) is 9.47 Å². The average Bonchev–Trinajstić information content (AvgIpc) is 3.40. The molecule has 2 aliphatic rings. The Kier molecular flexibility index (Phi) is 6.65. The second-order valence-electron chi connectivity index (χ2n) is 8.62. The van der Waals surface area contributed by atoms with Crippen molar-refractivity contribution in [3.8, 4) is 11.5 Å². The second-order valence-corrected chi connectivity index (χ2v) is 9.54. The molecule has 2 aromatic carbocycles. The van der Waals surface area contributed by atoms with Crippen LogP contribution in [0.25, 0.3) is 0 Å². The first-order valence-corrected chi connectivity index (χ1v) is 11.8. The third kappa shape index (κ3) is 4.95. The Morgan fingerprint density at radius 2 is 2.00 bits per heavy atom. The van der Waals surface area contributed by atoms with E-state index in [9.17, 15) is 4.79 Å². The van der Waals surface area contributed by atoms with Gasteiger partial charge < -0.3 is 9.47 Å². The van der Waals surface area contributed by atoms with E-state index in [-0.39, 0.29) is 17.2 Å². The molecule has 0 bridgehead atoms. The summed E-state index contributed by atoms with van der Waals surface area (Å²) >= 11 is 3.44. The molecular weight excluding hydrogens is 456 g/mol. The van der Waals surface area contributed by atoms with Gasteiger partial charge in [-0.2, -0.15) is 5.10 Å². The molecule has 2 fully saturated rings. The maximum atomic E-state index is 12.6. The van der Waals surface area contributed by atoms with Crippen molar-refractivity contribution in [2.45, 2.75) is 46.1 Å². The lowest BCUT2D eigenvalue weighted by molar-refractivity contribution is -0.123. The fourth-order valence-corrected chi connectivity index (χ4v) is 5.09. The number of fused-ring (bicyclic) bond motifs is 1. The van der Waals surface area contributed by atoms with Crippen molar-refractivity contribution < 1.29 is 14.3 Å². The van der Waals surface area contributed by atoms with Crippen molar-refractivity contribution in [1.29, 1.82) is 0 Å². The van der Waals surface area contributed by atoms with Crippen LogP contribution < -0.4 is 14.9 Å². The Morgan fingerprint density at radius 1 is 1.19 bits per heavy atom. The van der Waals surface area contributed by atoms with Gasteiger partial charge in [0.05, 0.1) is 12.8 Å². The van der Waals surface area contributed by atoms with Crippen molar-refractivity contribution >= 4 is 28.1 Å². The first kappa shape index (κ1) is 21.9. The fraction of sp³-hybridized carbons (Fsp3) is 0.440. The van der Waals surface area contributed by atoms with Crippen LogP contribution in [0.15, 0.2) is 52.0 Å². The number of nitrogens with one attached hydrogen (secondary N) is 1. The topological polar surface area (TPSA) is 59.9 Å². The summed E-state index contributed by atoms with van der Waals surface area (Å²) in [5, 5.41) is 4.20. The first-order chi connectivity index (χ1) is 15.0. The quantitative estimate of drug-likeness (QED) is 0.385. The van der Waals surface area contributed by atoms with Gasteiger partial charge in [-0.3, -0.25) is 4.79 Å². The summed E-state index contributed by atoms with van der Waals surface area (Å²) in [4.78, 5) is 12.6. The number of carbonyl (C=O) groups is 1. The Morgan fingerprint density at radius 3 is 2.71 bits per heavy atom. The average molecular weight is 485 g/mol. The van der Waals surface area contributed by atoms with Gasteiger partial charge in [0.15, 0.2) is 11.5 Å². The van der Waals surface area contributed by atoms with Crippen LogP contribution in [0.2, 0.25) is 0 Å². The van der Waals surface area contributed by atoms with E-state index < -0.39 is 0 Å². The molecule has 0 unspecified atom stereocenters. The minimum atomic E-state index is 0.0464. The molecule has 3 atom stereocenters. The monoisotopic (exact) mass is 484 g/mol. The van der Waals surface area contributed by atoms with Crippen LogP contribution in [0.4, 0.5) is 0 Å². The molecule has 0 aromatic heterocycles. The van der Waals surface area contributed by atoms with E-state index in [1.54, 1.807) is 6.21 Å². The third-order valence-corrected chi connectivity index (χ3v) is 7.11. The number of ether oxygens (including phenoxy) is 2.